The van der Waals surface area contributed by atoms with E-state index in [2.05, 4.69) is 19.2 Å². The third kappa shape index (κ3) is 18.8. The number of rotatable bonds is 4. The van der Waals surface area contributed by atoms with Crippen molar-refractivity contribution < 1.29 is 54.3 Å². The molecule has 0 unspecified atom stereocenters. The van der Waals surface area contributed by atoms with Gasteiger partial charge in [0, 0.05) is 45.0 Å². The van der Waals surface area contributed by atoms with Crippen LogP contribution in [0, 0.1) is 0 Å². The molecule has 0 spiro atoms. The van der Waals surface area contributed by atoms with E-state index < -0.39 is 22.6 Å². The zero-order valence-corrected chi connectivity index (χ0v) is 17.8. The first-order valence-electron chi connectivity index (χ1n) is 6.93. The van der Waals surface area contributed by atoms with E-state index in [-0.39, 0.29) is 61.0 Å². The van der Waals surface area contributed by atoms with Gasteiger partial charge in [-0.05, 0) is 23.6 Å². The second-order valence-corrected chi connectivity index (χ2v) is 7.66. The van der Waals surface area contributed by atoms with Crippen LogP contribution in [0.1, 0.15) is 61.5 Å². The summed E-state index contributed by atoms with van der Waals surface area (Å²) in [5, 5.41) is 2.26. The molecule has 8 heteroatoms. The molecule has 0 fully saturated rings. The van der Waals surface area contributed by atoms with Gasteiger partial charge in [-0.15, -0.1) is 0 Å². The Morgan fingerprint density at radius 1 is 0.962 bits per heavy atom. The van der Waals surface area contributed by atoms with Gasteiger partial charge in [0.05, 0.1) is 11.4 Å². The molecule has 1 radical (unpaired) electrons. The van der Waals surface area contributed by atoms with Crippen LogP contribution in [-0.2, 0) is 42.5 Å². The fourth-order valence-electron chi connectivity index (χ4n) is 1.42. The van der Waals surface area contributed by atoms with E-state index in [4.69, 9.17) is 0 Å². The first-order valence-corrected chi connectivity index (χ1v) is 8.82. The Morgan fingerprint density at radius 2 is 1.35 bits per heavy atom. The number of nitrogens with one attached hydrogen (secondary N) is 1. The molecule has 0 aliphatic carbocycles. The zero-order valence-electron chi connectivity index (χ0n) is 14.1. The Kier molecular flexibility index (Phi) is 22.7. The molecule has 1 rings (SSSR count). The molecule has 0 amide bonds. The van der Waals surface area contributed by atoms with E-state index >= 15 is 0 Å². The number of halogens is 3. The normalized spacial score (nSPS) is 10.4. The molecular formula is C18H36F3NO2SY. The fraction of sp³-hybridized carbons (Fsp3) is 0.667. The molecule has 1 N–H and O–H groups in total. The predicted octanol–water partition coefficient (Wildman–Crippen LogP) is 5.67. The van der Waals surface area contributed by atoms with Gasteiger partial charge in [0.15, 0.2) is 9.84 Å². The molecule has 0 saturated heterocycles. The largest absolute Gasteiger partial charge is 0.401 e. The van der Waals surface area contributed by atoms with Crippen LogP contribution < -0.4 is 5.32 Å². The summed E-state index contributed by atoms with van der Waals surface area (Å²) >= 11 is 0. The monoisotopic (exact) mass is 476 g/mol. The minimum Gasteiger partial charge on any atom is -0.306 e. The van der Waals surface area contributed by atoms with Crippen molar-refractivity contribution in [3.63, 3.8) is 0 Å². The summed E-state index contributed by atoms with van der Waals surface area (Å²) in [5.74, 6) is 0.439. The maximum absolute atomic E-state index is 11.4. The molecule has 0 bridgehead atoms. The van der Waals surface area contributed by atoms with Crippen molar-refractivity contribution in [1.29, 1.82) is 0 Å². The number of hydrogen-bond donors (Lipinski definition) is 1. The Bertz CT molecular complexity index is 543. The van der Waals surface area contributed by atoms with Crippen LogP contribution in [0.15, 0.2) is 29.2 Å². The minimum atomic E-state index is -4.08. The number of hydrogen-bond acceptors (Lipinski definition) is 3. The van der Waals surface area contributed by atoms with Crippen LogP contribution in [0.2, 0.25) is 0 Å². The van der Waals surface area contributed by atoms with Crippen LogP contribution >= 0.6 is 0 Å². The van der Waals surface area contributed by atoms with E-state index in [9.17, 15) is 21.6 Å². The van der Waals surface area contributed by atoms with Gasteiger partial charge in [-0.1, -0.05) is 62.1 Å². The number of sulfone groups is 1. The first kappa shape index (κ1) is 36.9. The quantitative estimate of drug-likeness (QED) is 0.610. The molecular weight excluding hydrogens is 440 g/mol. The van der Waals surface area contributed by atoms with E-state index in [0.717, 1.165) is 5.56 Å². The summed E-state index contributed by atoms with van der Waals surface area (Å²) in [6.45, 7) is 6.60. The van der Waals surface area contributed by atoms with Crippen molar-refractivity contribution in [3.8, 4) is 0 Å². The summed E-state index contributed by atoms with van der Waals surface area (Å²) in [4.78, 5) is 0.386. The van der Waals surface area contributed by atoms with Crippen LogP contribution in [0.25, 0.3) is 0 Å². The summed E-state index contributed by atoms with van der Waals surface area (Å²) in [6, 6.07) is 6.93. The second kappa shape index (κ2) is 16.0. The van der Waals surface area contributed by atoms with Gasteiger partial charge in [-0.3, -0.25) is 0 Å². The Morgan fingerprint density at radius 3 is 1.54 bits per heavy atom. The van der Waals surface area contributed by atoms with Crippen molar-refractivity contribution in [2.75, 3.05) is 12.8 Å². The van der Waals surface area contributed by atoms with Gasteiger partial charge in [0.2, 0.25) is 0 Å². The molecule has 1 aromatic carbocycles. The molecule has 155 valence electrons. The molecule has 1 aromatic rings. The average Bonchev–Trinajstić information content (AvgIpc) is 2.35. The summed E-state index contributed by atoms with van der Waals surface area (Å²) in [5.41, 5.74) is 1.16. The number of benzene rings is 1. The topological polar surface area (TPSA) is 46.2 Å². The van der Waals surface area contributed by atoms with Gasteiger partial charge in [0.25, 0.3) is 0 Å². The Balaban J connectivity index is -0.000000103. The second-order valence-electron chi connectivity index (χ2n) is 5.65. The van der Waals surface area contributed by atoms with Crippen molar-refractivity contribution >= 4 is 9.84 Å². The van der Waals surface area contributed by atoms with Crippen LogP contribution in [0.3, 0.4) is 0 Å². The molecule has 0 aromatic heterocycles. The summed E-state index contributed by atoms with van der Waals surface area (Å²) in [6.07, 6.45) is -2.86. The van der Waals surface area contributed by atoms with Gasteiger partial charge in [-0.25, -0.2) is 8.42 Å². The third-order valence-corrected chi connectivity index (χ3v) is 3.81. The minimum absolute atomic E-state index is 0. The Labute approximate surface area is 184 Å². The van der Waals surface area contributed by atoms with Crippen LogP contribution in [0.4, 0.5) is 13.2 Å². The molecule has 0 heterocycles. The first-order chi connectivity index (χ1) is 9.83. The zero-order chi connectivity index (χ0) is 17.6. The van der Waals surface area contributed by atoms with Crippen molar-refractivity contribution in [2.24, 2.45) is 0 Å². The van der Waals surface area contributed by atoms with Crippen molar-refractivity contribution in [2.45, 2.75) is 73.0 Å². The maximum atomic E-state index is 11.4. The summed E-state index contributed by atoms with van der Waals surface area (Å²) in [7, 11) is -3.05. The standard InChI is InChI=1S/C10H14O2S.C5H10F3N.3CH4.Y/c1-8(2)9-4-6-10(7-5-9)13(3,11)12;1-4(2)9-3-5(6,7)8;;;;/h4-8H,1-3H3;4,9H,3H2,1-2H3;3*1H4;. The Hall–Kier alpha value is 0.0239. The molecule has 3 nitrogen and oxygen atoms in total. The van der Waals surface area contributed by atoms with Gasteiger partial charge in [-0.2, -0.15) is 13.2 Å². The van der Waals surface area contributed by atoms with Gasteiger partial charge < -0.3 is 5.32 Å². The summed E-state index contributed by atoms with van der Waals surface area (Å²) < 4.78 is 56.3. The van der Waals surface area contributed by atoms with Gasteiger partial charge in [0.1, 0.15) is 0 Å². The fourth-order valence-corrected chi connectivity index (χ4v) is 2.05. The molecule has 0 aliphatic heterocycles. The van der Waals surface area contributed by atoms with Gasteiger partial charge >= 0.3 is 6.18 Å². The smallest absolute Gasteiger partial charge is 0.306 e. The predicted molar refractivity (Wildman–Crippen MR) is 103 cm³/mol. The number of alkyl halides is 3. The van der Waals surface area contributed by atoms with Crippen LogP contribution in [0.5, 0.6) is 0 Å². The average molecular weight is 476 g/mol. The van der Waals surface area contributed by atoms with Crippen LogP contribution in [-0.4, -0.2) is 33.4 Å². The third-order valence-electron chi connectivity index (χ3n) is 2.69. The molecule has 0 aliphatic rings. The van der Waals surface area contributed by atoms with E-state index in [1.807, 2.05) is 12.1 Å². The van der Waals surface area contributed by atoms with E-state index in [1.165, 1.54) is 6.26 Å². The maximum Gasteiger partial charge on any atom is 0.401 e. The van der Waals surface area contributed by atoms with E-state index in [0.29, 0.717) is 10.8 Å². The molecule has 0 atom stereocenters. The molecule has 0 saturated carbocycles. The van der Waals surface area contributed by atoms with Crippen molar-refractivity contribution in [3.05, 3.63) is 29.8 Å². The van der Waals surface area contributed by atoms with E-state index in [1.54, 1.807) is 26.0 Å². The molecule has 26 heavy (non-hydrogen) atoms. The SMILES string of the molecule is C.C.C.CC(C)NCC(F)(F)F.CC(C)c1ccc(S(C)(=O)=O)cc1.[Y]. The van der Waals surface area contributed by atoms with Crippen molar-refractivity contribution in [1.82, 2.24) is 5.32 Å².